The molecule has 2 nitrogen and oxygen atoms in total. The van der Waals surface area contributed by atoms with Crippen LogP contribution >= 0.6 is 11.6 Å². The van der Waals surface area contributed by atoms with Crippen LogP contribution in [0.3, 0.4) is 0 Å². The number of hydrogen-bond donors (Lipinski definition) is 0. The highest BCUT2D eigenvalue weighted by atomic mass is 35.5. The summed E-state index contributed by atoms with van der Waals surface area (Å²) in [5, 5.41) is 0.509. The number of aryl methyl sites for hydroxylation is 1. The normalized spacial score (nSPS) is 24.6. The maximum Gasteiger partial charge on any atom is 0.132 e. The number of aromatic nitrogens is 1. The topological polar surface area (TPSA) is 22.1 Å². The fourth-order valence-corrected chi connectivity index (χ4v) is 2.72. The van der Waals surface area contributed by atoms with Crippen molar-refractivity contribution in [3.05, 3.63) is 23.0 Å². The van der Waals surface area contributed by atoms with Crippen LogP contribution < -0.4 is 4.74 Å². The van der Waals surface area contributed by atoms with E-state index in [1.807, 2.05) is 13.0 Å². The lowest BCUT2D eigenvalue weighted by Gasteiger charge is -2.31. The molecule has 3 heteroatoms. The Bertz CT molecular complexity index is 380. The summed E-state index contributed by atoms with van der Waals surface area (Å²) < 4.78 is 6.15. The Morgan fingerprint density at radius 1 is 1.41 bits per heavy atom. The van der Waals surface area contributed by atoms with Crippen LogP contribution in [-0.2, 0) is 0 Å². The van der Waals surface area contributed by atoms with Crippen molar-refractivity contribution in [3.63, 3.8) is 0 Å². The minimum absolute atomic E-state index is 0.353. The SMILES string of the molecule is CCC1CCCCC1Oc1cc(Cl)ncc1C. The first kappa shape index (κ1) is 12.7. The van der Waals surface area contributed by atoms with Gasteiger partial charge in [-0.3, -0.25) is 0 Å². The van der Waals surface area contributed by atoms with Gasteiger partial charge in [-0.05, 0) is 38.5 Å². The van der Waals surface area contributed by atoms with E-state index in [1.165, 1.54) is 25.7 Å². The maximum atomic E-state index is 6.15. The lowest BCUT2D eigenvalue weighted by Crippen LogP contribution is -2.30. The van der Waals surface area contributed by atoms with E-state index in [0.29, 0.717) is 17.2 Å². The molecule has 1 aliphatic rings. The summed E-state index contributed by atoms with van der Waals surface area (Å²) in [6.07, 6.45) is 8.40. The van der Waals surface area contributed by atoms with Crippen LogP contribution in [0, 0.1) is 12.8 Å². The smallest absolute Gasteiger partial charge is 0.132 e. The molecule has 2 atom stereocenters. The van der Waals surface area contributed by atoms with Gasteiger partial charge in [-0.2, -0.15) is 0 Å². The van der Waals surface area contributed by atoms with E-state index in [4.69, 9.17) is 16.3 Å². The van der Waals surface area contributed by atoms with Gasteiger partial charge in [0.25, 0.3) is 0 Å². The quantitative estimate of drug-likeness (QED) is 0.746. The Labute approximate surface area is 108 Å². The molecule has 1 fully saturated rings. The van der Waals surface area contributed by atoms with Crippen LogP contribution in [0.5, 0.6) is 5.75 Å². The maximum absolute atomic E-state index is 6.15. The lowest BCUT2D eigenvalue weighted by molar-refractivity contribution is 0.0896. The predicted octanol–water partition coefficient (Wildman–Crippen LogP) is 4.39. The van der Waals surface area contributed by atoms with Crippen molar-refractivity contribution in [2.24, 2.45) is 5.92 Å². The molecule has 0 N–H and O–H groups in total. The number of nitrogens with zero attached hydrogens (tertiary/aromatic N) is 1. The minimum Gasteiger partial charge on any atom is -0.490 e. The Balaban J connectivity index is 2.10. The van der Waals surface area contributed by atoms with Gasteiger partial charge in [0, 0.05) is 17.8 Å². The molecule has 0 aliphatic heterocycles. The van der Waals surface area contributed by atoms with Crippen molar-refractivity contribution in [2.45, 2.75) is 52.1 Å². The van der Waals surface area contributed by atoms with Crippen LogP contribution in [0.1, 0.15) is 44.6 Å². The Hall–Kier alpha value is -0.760. The Kier molecular flexibility index (Phi) is 4.27. The summed E-state index contributed by atoms with van der Waals surface area (Å²) >= 11 is 5.91. The zero-order chi connectivity index (χ0) is 12.3. The highest BCUT2D eigenvalue weighted by Gasteiger charge is 2.25. The van der Waals surface area contributed by atoms with Gasteiger partial charge < -0.3 is 4.74 Å². The third-order valence-corrected chi connectivity index (χ3v) is 3.87. The first-order chi connectivity index (χ1) is 8.20. The molecule has 0 radical (unpaired) electrons. The van der Waals surface area contributed by atoms with Crippen molar-refractivity contribution in [3.8, 4) is 5.75 Å². The highest BCUT2D eigenvalue weighted by molar-refractivity contribution is 6.29. The summed E-state index contributed by atoms with van der Waals surface area (Å²) in [4.78, 5) is 4.06. The third kappa shape index (κ3) is 3.12. The fourth-order valence-electron chi connectivity index (χ4n) is 2.57. The first-order valence-electron chi connectivity index (χ1n) is 6.49. The third-order valence-electron chi connectivity index (χ3n) is 3.66. The number of halogens is 1. The average molecular weight is 254 g/mol. The Morgan fingerprint density at radius 3 is 2.94 bits per heavy atom. The van der Waals surface area contributed by atoms with Gasteiger partial charge >= 0.3 is 0 Å². The molecule has 1 heterocycles. The lowest BCUT2D eigenvalue weighted by atomic mass is 9.85. The van der Waals surface area contributed by atoms with E-state index in [9.17, 15) is 0 Å². The summed E-state index contributed by atoms with van der Waals surface area (Å²) in [6, 6.07) is 1.83. The van der Waals surface area contributed by atoms with E-state index in [-0.39, 0.29) is 0 Å². The molecule has 0 bridgehead atoms. The highest BCUT2D eigenvalue weighted by Crippen LogP contribution is 2.32. The zero-order valence-corrected chi connectivity index (χ0v) is 11.3. The minimum atomic E-state index is 0.353. The molecule has 0 amide bonds. The molecular formula is C14H20ClNO. The predicted molar refractivity (Wildman–Crippen MR) is 70.6 cm³/mol. The molecule has 0 saturated heterocycles. The van der Waals surface area contributed by atoms with E-state index in [1.54, 1.807) is 6.20 Å². The molecule has 94 valence electrons. The molecule has 2 rings (SSSR count). The molecule has 1 aliphatic carbocycles. The van der Waals surface area contributed by atoms with E-state index >= 15 is 0 Å². The van der Waals surface area contributed by atoms with Crippen molar-refractivity contribution in [1.29, 1.82) is 0 Å². The molecule has 2 unspecified atom stereocenters. The van der Waals surface area contributed by atoms with Crippen LogP contribution in [0.25, 0.3) is 0 Å². The van der Waals surface area contributed by atoms with Crippen LogP contribution in [0.4, 0.5) is 0 Å². The molecule has 0 spiro atoms. The molecule has 0 aromatic carbocycles. The second-order valence-corrected chi connectivity index (χ2v) is 5.27. The van der Waals surface area contributed by atoms with Gasteiger partial charge in [-0.15, -0.1) is 0 Å². The largest absolute Gasteiger partial charge is 0.490 e. The summed E-state index contributed by atoms with van der Waals surface area (Å²) in [5.74, 6) is 1.59. The summed E-state index contributed by atoms with van der Waals surface area (Å²) in [7, 11) is 0. The molecule has 1 saturated carbocycles. The standard InChI is InChI=1S/C14H20ClNO/c1-3-11-6-4-5-7-12(11)17-13-8-14(15)16-9-10(13)2/h8-9,11-12H,3-7H2,1-2H3. The van der Waals surface area contributed by atoms with E-state index in [0.717, 1.165) is 17.7 Å². The number of pyridine rings is 1. The molecule has 1 aromatic heterocycles. The van der Waals surface area contributed by atoms with E-state index < -0.39 is 0 Å². The average Bonchev–Trinajstić information content (AvgIpc) is 2.34. The Morgan fingerprint density at radius 2 is 2.18 bits per heavy atom. The molecular weight excluding hydrogens is 234 g/mol. The van der Waals surface area contributed by atoms with E-state index in [2.05, 4.69) is 11.9 Å². The van der Waals surface area contributed by atoms with Gasteiger partial charge in [0.1, 0.15) is 17.0 Å². The second kappa shape index (κ2) is 5.72. The summed E-state index contributed by atoms with van der Waals surface area (Å²) in [5.41, 5.74) is 1.06. The van der Waals surface area contributed by atoms with Gasteiger partial charge in [-0.25, -0.2) is 4.98 Å². The van der Waals surface area contributed by atoms with Crippen molar-refractivity contribution in [1.82, 2.24) is 4.98 Å². The van der Waals surface area contributed by atoms with Gasteiger partial charge in [0.2, 0.25) is 0 Å². The second-order valence-electron chi connectivity index (χ2n) is 4.88. The monoisotopic (exact) mass is 253 g/mol. The van der Waals surface area contributed by atoms with Crippen LogP contribution in [-0.4, -0.2) is 11.1 Å². The van der Waals surface area contributed by atoms with Crippen LogP contribution in [0.15, 0.2) is 12.3 Å². The van der Waals surface area contributed by atoms with Gasteiger partial charge in [0.05, 0.1) is 0 Å². The fraction of sp³-hybridized carbons (Fsp3) is 0.643. The number of hydrogen-bond acceptors (Lipinski definition) is 2. The van der Waals surface area contributed by atoms with Crippen LogP contribution in [0.2, 0.25) is 5.15 Å². The summed E-state index contributed by atoms with van der Waals surface area (Å²) in [6.45, 7) is 4.27. The number of ether oxygens (including phenoxy) is 1. The van der Waals surface area contributed by atoms with Crippen molar-refractivity contribution < 1.29 is 4.74 Å². The molecule has 17 heavy (non-hydrogen) atoms. The zero-order valence-electron chi connectivity index (χ0n) is 10.6. The van der Waals surface area contributed by atoms with Crippen molar-refractivity contribution >= 4 is 11.6 Å². The van der Waals surface area contributed by atoms with Gasteiger partial charge in [-0.1, -0.05) is 24.9 Å². The number of rotatable bonds is 3. The van der Waals surface area contributed by atoms with Gasteiger partial charge in [0.15, 0.2) is 0 Å². The molecule has 1 aromatic rings. The van der Waals surface area contributed by atoms with Crippen molar-refractivity contribution in [2.75, 3.05) is 0 Å². The first-order valence-corrected chi connectivity index (χ1v) is 6.87.